The molecule has 1 aliphatic rings. The summed E-state index contributed by atoms with van der Waals surface area (Å²) < 4.78 is 53.7. The van der Waals surface area contributed by atoms with Crippen LogP contribution in [0.2, 0.25) is 5.15 Å². The highest BCUT2D eigenvalue weighted by Crippen LogP contribution is 2.40. The summed E-state index contributed by atoms with van der Waals surface area (Å²) in [7, 11) is 0. The maximum atomic E-state index is 13.7. The van der Waals surface area contributed by atoms with E-state index in [1.165, 1.54) is 35.4 Å². The topological polar surface area (TPSA) is 36.4 Å². The number of halogens is 5. The highest BCUT2D eigenvalue weighted by Gasteiger charge is 2.37. The Bertz CT molecular complexity index is 1200. The molecule has 160 valence electrons. The van der Waals surface area contributed by atoms with Crippen LogP contribution in [0.5, 0.6) is 0 Å². The predicted octanol–water partition coefficient (Wildman–Crippen LogP) is 6.27. The second-order valence-corrected chi connectivity index (χ2v) is 7.64. The van der Waals surface area contributed by atoms with Crippen LogP contribution < -0.4 is 9.80 Å². The molecule has 2 aromatic carbocycles. The minimum atomic E-state index is -4.61. The van der Waals surface area contributed by atoms with Crippen LogP contribution in [0.15, 0.2) is 48.7 Å². The van der Waals surface area contributed by atoms with E-state index >= 15 is 0 Å². The van der Waals surface area contributed by atoms with Gasteiger partial charge in [-0.2, -0.15) is 13.2 Å². The number of anilines is 3. The summed E-state index contributed by atoms with van der Waals surface area (Å²) in [6, 6.07) is 8.74. The zero-order valence-corrected chi connectivity index (χ0v) is 17.2. The molecule has 0 spiro atoms. The Kier molecular flexibility index (Phi) is 5.13. The minimum absolute atomic E-state index is 0.00776. The molecule has 1 amide bonds. The van der Waals surface area contributed by atoms with Crippen LogP contribution in [-0.2, 0) is 6.18 Å². The van der Waals surface area contributed by atoms with Gasteiger partial charge < -0.3 is 4.90 Å². The number of carbonyl (C=O) groups is 1. The first-order valence-electron chi connectivity index (χ1n) is 9.25. The molecule has 1 aliphatic heterocycles. The van der Waals surface area contributed by atoms with Crippen LogP contribution in [0.4, 0.5) is 34.6 Å². The van der Waals surface area contributed by atoms with Gasteiger partial charge in [-0.25, -0.2) is 9.37 Å². The van der Waals surface area contributed by atoms with Crippen LogP contribution in [0, 0.1) is 19.7 Å². The van der Waals surface area contributed by atoms with Gasteiger partial charge in [0.2, 0.25) is 0 Å². The Morgan fingerprint density at radius 2 is 1.61 bits per heavy atom. The Hall–Kier alpha value is -3.13. The van der Waals surface area contributed by atoms with Gasteiger partial charge in [-0.1, -0.05) is 11.6 Å². The normalized spacial score (nSPS) is 14.1. The molecule has 1 aromatic heterocycles. The number of alkyl halides is 3. The molecule has 0 unspecified atom stereocenters. The lowest BCUT2D eigenvalue weighted by Gasteiger charge is -2.39. The first-order chi connectivity index (χ1) is 14.6. The van der Waals surface area contributed by atoms with Crippen molar-refractivity contribution in [1.29, 1.82) is 0 Å². The van der Waals surface area contributed by atoms with Gasteiger partial charge in [0.1, 0.15) is 17.6 Å². The van der Waals surface area contributed by atoms with Crippen molar-refractivity contribution < 1.29 is 22.4 Å². The number of fused-ring (bicyclic) bond motifs is 1. The number of carbonyl (C=O) groups excluding carboxylic acids is 1. The lowest BCUT2D eigenvalue weighted by atomic mass is 10.0. The summed E-state index contributed by atoms with van der Waals surface area (Å²) in [4.78, 5) is 20.3. The van der Waals surface area contributed by atoms with E-state index in [2.05, 4.69) is 4.98 Å². The van der Waals surface area contributed by atoms with Crippen molar-refractivity contribution in [3.05, 3.63) is 81.9 Å². The van der Waals surface area contributed by atoms with Crippen LogP contribution in [-0.4, -0.2) is 17.6 Å². The van der Waals surface area contributed by atoms with Crippen molar-refractivity contribution >= 4 is 34.6 Å². The molecule has 4 nitrogen and oxygen atoms in total. The molecule has 0 atom stereocenters. The maximum Gasteiger partial charge on any atom is 0.416 e. The van der Waals surface area contributed by atoms with Crippen molar-refractivity contribution in [3.8, 4) is 0 Å². The lowest BCUT2D eigenvalue weighted by molar-refractivity contribution is -0.137. The zero-order chi connectivity index (χ0) is 22.5. The molecule has 3 aromatic rings. The van der Waals surface area contributed by atoms with E-state index in [0.29, 0.717) is 28.2 Å². The van der Waals surface area contributed by atoms with Gasteiger partial charge in [0.15, 0.2) is 0 Å². The largest absolute Gasteiger partial charge is 0.416 e. The fourth-order valence-electron chi connectivity index (χ4n) is 3.66. The van der Waals surface area contributed by atoms with Crippen molar-refractivity contribution in [3.63, 3.8) is 0 Å². The van der Waals surface area contributed by atoms with E-state index in [4.69, 9.17) is 11.6 Å². The Labute approximate surface area is 180 Å². The molecule has 0 bridgehead atoms. The molecule has 2 heterocycles. The first kappa shape index (κ1) is 21.1. The van der Waals surface area contributed by atoms with Crippen LogP contribution >= 0.6 is 11.6 Å². The van der Waals surface area contributed by atoms with E-state index in [-0.39, 0.29) is 17.4 Å². The van der Waals surface area contributed by atoms with E-state index in [0.717, 1.165) is 12.1 Å². The molecule has 0 saturated heterocycles. The summed E-state index contributed by atoms with van der Waals surface area (Å²) in [5.74, 6) is -1.03. The van der Waals surface area contributed by atoms with Gasteiger partial charge >= 0.3 is 6.18 Å². The number of amides is 1. The van der Waals surface area contributed by atoms with Crippen LogP contribution in [0.25, 0.3) is 0 Å². The molecule has 0 saturated carbocycles. The number of rotatable bonds is 2. The number of aryl methyl sites for hydroxylation is 2. The van der Waals surface area contributed by atoms with E-state index in [1.807, 2.05) is 0 Å². The summed E-state index contributed by atoms with van der Waals surface area (Å²) >= 11 is 5.92. The smallest absolute Gasteiger partial charge is 0.322 e. The SMILES string of the molecule is Cc1cc(Cl)ncc1N1CN(c2ccc(F)cc2C)c2ccc(C(F)(F)F)cc2C1=O. The second-order valence-electron chi connectivity index (χ2n) is 7.26. The molecular formula is C22H16ClF4N3O. The minimum Gasteiger partial charge on any atom is -0.322 e. The highest BCUT2D eigenvalue weighted by atomic mass is 35.5. The molecule has 9 heteroatoms. The number of hydrogen-bond acceptors (Lipinski definition) is 3. The summed E-state index contributed by atoms with van der Waals surface area (Å²) in [6.45, 7) is 3.43. The van der Waals surface area contributed by atoms with Crippen molar-refractivity contribution in [2.45, 2.75) is 20.0 Å². The van der Waals surface area contributed by atoms with Crippen molar-refractivity contribution in [1.82, 2.24) is 4.98 Å². The average Bonchev–Trinajstić information content (AvgIpc) is 2.68. The van der Waals surface area contributed by atoms with Crippen molar-refractivity contribution in [2.24, 2.45) is 0 Å². The van der Waals surface area contributed by atoms with Gasteiger partial charge in [-0.3, -0.25) is 9.69 Å². The van der Waals surface area contributed by atoms with Gasteiger partial charge in [0, 0.05) is 5.69 Å². The third-order valence-electron chi connectivity index (χ3n) is 5.16. The van der Waals surface area contributed by atoms with Gasteiger partial charge in [-0.15, -0.1) is 0 Å². The molecule has 4 rings (SSSR count). The van der Waals surface area contributed by atoms with Crippen LogP contribution in [0.3, 0.4) is 0 Å². The molecule has 0 N–H and O–H groups in total. The molecule has 0 radical (unpaired) electrons. The number of aromatic nitrogens is 1. The Morgan fingerprint density at radius 1 is 0.935 bits per heavy atom. The molecular weight excluding hydrogens is 434 g/mol. The third kappa shape index (κ3) is 3.83. The maximum absolute atomic E-state index is 13.7. The fraction of sp³-hybridized carbons (Fsp3) is 0.182. The predicted molar refractivity (Wildman–Crippen MR) is 110 cm³/mol. The fourth-order valence-corrected chi connectivity index (χ4v) is 3.87. The second kappa shape index (κ2) is 7.53. The summed E-state index contributed by atoms with van der Waals surface area (Å²) in [5, 5.41) is 0.233. The molecule has 31 heavy (non-hydrogen) atoms. The average molecular weight is 450 g/mol. The molecule has 0 aliphatic carbocycles. The van der Waals surface area contributed by atoms with Crippen LogP contribution in [0.1, 0.15) is 27.0 Å². The zero-order valence-electron chi connectivity index (χ0n) is 16.5. The number of nitrogens with zero attached hydrogens (tertiary/aromatic N) is 3. The van der Waals surface area contributed by atoms with E-state index in [9.17, 15) is 22.4 Å². The number of benzene rings is 2. The summed E-state index contributed by atoms with van der Waals surface area (Å²) in [5.41, 5.74) is 1.47. The van der Waals surface area contributed by atoms with E-state index < -0.39 is 23.5 Å². The van der Waals surface area contributed by atoms with Gasteiger partial charge in [0.25, 0.3) is 5.91 Å². The number of pyridine rings is 1. The summed E-state index contributed by atoms with van der Waals surface area (Å²) in [6.07, 6.45) is -3.20. The Morgan fingerprint density at radius 3 is 2.26 bits per heavy atom. The third-order valence-corrected chi connectivity index (χ3v) is 5.37. The molecule has 0 fully saturated rings. The number of hydrogen-bond donors (Lipinski definition) is 0. The Balaban J connectivity index is 1.92. The lowest BCUT2D eigenvalue weighted by Crippen LogP contribution is -2.45. The first-order valence-corrected chi connectivity index (χ1v) is 9.63. The van der Waals surface area contributed by atoms with Gasteiger partial charge in [-0.05, 0) is 67.4 Å². The van der Waals surface area contributed by atoms with Gasteiger partial charge in [0.05, 0.1) is 28.7 Å². The highest BCUT2D eigenvalue weighted by molar-refractivity contribution is 6.29. The monoisotopic (exact) mass is 449 g/mol. The van der Waals surface area contributed by atoms with E-state index in [1.54, 1.807) is 24.8 Å². The quantitative estimate of drug-likeness (QED) is 0.342. The standard InChI is InChI=1S/C22H16ClF4N3O/c1-12-7-15(24)4-6-17(12)29-11-30(19-10-28-20(23)8-13(19)2)21(31)16-9-14(22(25,26)27)3-5-18(16)29/h3-10H,11H2,1-2H3. The van der Waals surface area contributed by atoms with Crippen molar-refractivity contribution in [2.75, 3.05) is 16.5 Å².